The summed E-state index contributed by atoms with van der Waals surface area (Å²) in [5, 5.41) is 18.1. The van der Waals surface area contributed by atoms with E-state index in [4.69, 9.17) is 0 Å². The van der Waals surface area contributed by atoms with Crippen molar-refractivity contribution in [2.75, 3.05) is 10.6 Å². The molecule has 1 heterocycles. The molecule has 1 atom stereocenters. The summed E-state index contributed by atoms with van der Waals surface area (Å²) in [6.07, 6.45) is 0.691. The van der Waals surface area contributed by atoms with Crippen LogP contribution in [0.2, 0.25) is 0 Å². The van der Waals surface area contributed by atoms with Gasteiger partial charge in [-0.3, -0.25) is 9.10 Å². The first-order valence-corrected chi connectivity index (χ1v) is 12.8. The summed E-state index contributed by atoms with van der Waals surface area (Å²) >= 11 is 0. The largest absolute Gasteiger partial charge is 0.480 e. The number of nitrogens with zero attached hydrogens (tertiary/aromatic N) is 4. The average Bonchev–Trinajstić information content (AvgIpc) is 2.84. The van der Waals surface area contributed by atoms with Gasteiger partial charge in [0.25, 0.3) is 5.56 Å². The van der Waals surface area contributed by atoms with Crippen molar-refractivity contribution in [1.29, 1.82) is 0 Å². The molecule has 11 heteroatoms. The van der Waals surface area contributed by atoms with E-state index in [-0.39, 0.29) is 24.5 Å². The van der Waals surface area contributed by atoms with E-state index in [1.165, 1.54) is 18.2 Å². The number of carboxylic acid groups (broad SMARTS) is 1. The molecule has 0 spiro atoms. The number of anilines is 1. The molecule has 0 aliphatic carbocycles. The minimum Gasteiger partial charge on any atom is -0.480 e. The number of carbonyl (C=O) groups is 1. The summed E-state index contributed by atoms with van der Waals surface area (Å²) in [4.78, 5) is 24.9. The van der Waals surface area contributed by atoms with E-state index in [0.29, 0.717) is 22.0 Å². The van der Waals surface area contributed by atoms with E-state index in [0.717, 1.165) is 20.8 Å². The van der Waals surface area contributed by atoms with E-state index in [9.17, 15) is 27.5 Å². The van der Waals surface area contributed by atoms with Crippen molar-refractivity contribution < 1.29 is 22.7 Å². The number of halogens is 1. The van der Waals surface area contributed by atoms with Crippen molar-refractivity contribution in [2.24, 2.45) is 0 Å². The Balaban J connectivity index is 1.65. The van der Waals surface area contributed by atoms with Gasteiger partial charge in [-0.2, -0.15) is 0 Å². The average molecular weight is 511 g/mol. The van der Waals surface area contributed by atoms with Gasteiger partial charge < -0.3 is 5.11 Å². The highest BCUT2D eigenvalue weighted by molar-refractivity contribution is 7.92. The maximum absolute atomic E-state index is 13.6. The lowest BCUT2D eigenvalue weighted by Gasteiger charge is -2.29. The number of benzene rings is 3. The van der Waals surface area contributed by atoms with E-state index in [2.05, 4.69) is 10.3 Å². The fourth-order valence-corrected chi connectivity index (χ4v) is 5.15. The standard InChI is InChI=1S/C25H23FN4O5S/c1-16-15-18(9-12-21(16)26)17-7-10-19(11-8-17)30(36(2,34)35)23(25(32)33)13-14-29-24(31)20-5-3-4-6-22(20)27-28-29/h3-12,15,23H,13-14H2,1-2H3,(H,32,33)/t23-/m1/s1. The molecule has 0 unspecified atom stereocenters. The summed E-state index contributed by atoms with van der Waals surface area (Å²) in [5.74, 6) is -1.71. The van der Waals surface area contributed by atoms with Gasteiger partial charge in [-0.15, -0.1) is 5.10 Å². The number of aromatic nitrogens is 3. The predicted octanol–water partition coefficient (Wildman–Crippen LogP) is 3.22. The first-order valence-electron chi connectivity index (χ1n) is 11.0. The highest BCUT2D eigenvalue weighted by Crippen LogP contribution is 2.28. The van der Waals surface area contributed by atoms with Gasteiger partial charge >= 0.3 is 5.97 Å². The Labute approximate surface area is 206 Å². The van der Waals surface area contributed by atoms with Crippen LogP contribution in [0.4, 0.5) is 10.1 Å². The number of hydrogen-bond donors (Lipinski definition) is 1. The summed E-state index contributed by atoms with van der Waals surface area (Å²) in [5.41, 5.74) is 2.00. The molecule has 0 aliphatic heterocycles. The van der Waals surface area contributed by atoms with Crippen molar-refractivity contribution in [2.45, 2.75) is 25.9 Å². The zero-order valence-corrected chi connectivity index (χ0v) is 20.3. The van der Waals surface area contributed by atoms with Crippen LogP contribution in [-0.2, 0) is 21.4 Å². The second kappa shape index (κ2) is 9.86. The molecular weight excluding hydrogens is 487 g/mol. The molecule has 0 saturated heterocycles. The van der Waals surface area contributed by atoms with Gasteiger partial charge in [-0.1, -0.05) is 35.5 Å². The van der Waals surface area contributed by atoms with E-state index in [1.807, 2.05) is 0 Å². The summed E-state index contributed by atoms with van der Waals surface area (Å²) in [6.45, 7) is 1.48. The van der Waals surface area contributed by atoms with Crippen LogP contribution in [0.5, 0.6) is 0 Å². The van der Waals surface area contributed by atoms with Crippen LogP contribution >= 0.6 is 0 Å². The number of sulfonamides is 1. The topological polar surface area (TPSA) is 122 Å². The smallest absolute Gasteiger partial charge is 0.327 e. The first-order chi connectivity index (χ1) is 17.1. The van der Waals surface area contributed by atoms with Crippen LogP contribution in [0, 0.1) is 12.7 Å². The minimum absolute atomic E-state index is 0.143. The minimum atomic E-state index is -4.02. The number of carboxylic acids is 1. The van der Waals surface area contributed by atoms with Gasteiger partial charge in [0.2, 0.25) is 10.0 Å². The highest BCUT2D eigenvalue weighted by atomic mass is 32.2. The molecule has 0 amide bonds. The highest BCUT2D eigenvalue weighted by Gasteiger charge is 2.33. The van der Waals surface area contributed by atoms with Crippen molar-refractivity contribution in [1.82, 2.24) is 15.0 Å². The lowest BCUT2D eigenvalue weighted by Crippen LogP contribution is -2.46. The molecule has 0 bridgehead atoms. The first kappa shape index (κ1) is 25.0. The van der Waals surface area contributed by atoms with Gasteiger partial charge in [0.1, 0.15) is 17.4 Å². The van der Waals surface area contributed by atoms with Crippen molar-refractivity contribution >= 4 is 32.6 Å². The Hall–Kier alpha value is -4.12. The maximum atomic E-state index is 13.6. The van der Waals surface area contributed by atoms with Gasteiger partial charge in [0.05, 0.1) is 17.3 Å². The lowest BCUT2D eigenvalue weighted by atomic mass is 10.0. The number of aryl methyl sites for hydroxylation is 2. The van der Waals surface area contributed by atoms with Crippen LogP contribution in [-0.4, -0.2) is 46.8 Å². The van der Waals surface area contributed by atoms with Crippen molar-refractivity contribution in [3.63, 3.8) is 0 Å². The maximum Gasteiger partial charge on any atom is 0.327 e. The van der Waals surface area contributed by atoms with E-state index in [1.54, 1.807) is 55.5 Å². The monoisotopic (exact) mass is 510 g/mol. The van der Waals surface area contributed by atoms with Crippen LogP contribution < -0.4 is 9.86 Å². The molecule has 0 radical (unpaired) electrons. The third kappa shape index (κ3) is 5.10. The molecule has 4 rings (SSSR count). The Bertz CT molecular complexity index is 1600. The van der Waals surface area contributed by atoms with E-state index < -0.39 is 27.6 Å². The Morgan fingerprint density at radius 2 is 1.75 bits per heavy atom. The fraction of sp³-hybridized carbons (Fsp3) is 0.200. The van der Waals surface area contributed by atoms with Gasteiger partial charge in [-0.05, 0) is 66.4 Å². The normalized spacial score (nSPS) is 12.4. The van der Waals surface area contributed by atoms with Crippen LogP contribution in [0.25, 0.3) is 22.0 Å². The van der Waals surface area contributed by atoms with Gasteiger partial charge in [0.15, 0.2) is 0 Å². The molecular formula is C25H23FN4O5S. The number of aliphatic carboxylic acids is 1. The number of rotatable bonds is 8. The zero-order valence-electron chi connectivity index (χ0n) is 19.5. The third-order valence-corrected chi connectivity index (χ3v) is 6.96. The van der Waals surface area contributed by atoms with E-state index >= 15 is 0 Å². The molecule has 1 aromatic heterocycles. The fourth-order valence-electron chi connectivity index (χ4n) is 3.98. The zero-order chi connectivity index (χ0) is 26.0. The summed E-state index contributed by atoms with van der Waals surface area (Å²) in [7, 11) is -4.02. The van der Waals surface area contributed by atoms with Gasteiger partial charge in [-0.25, -0.2) is 22.3 Å². The SMILES string of the molecule is Cc1cc(-c2ccc(N([C@H](CCn3nnc4ccccc4c3=O)C(=O)O)S(C)(=O)=O)cc2)ccc1F. The van der Waals surface area contributed by atoms with Gasteiger partial charge in [0, 0.05) is 6.54 Å². The lowest BCUT2D eigenvalue weighted by molar-refractivity contribution is -0.138. The molecule has 36 heavy (non-hydrogen) atoms. The number of fused-ring (bicyclic) bond motifs is 1. The third-order valence-electron chi connectivity index (χ3n) is 5.78. The molecule has 0 saturated carbocycles. The second-order valence-corrected chi connectivity index (χ2v) is 10.2. The molecule has 4 aromatic rings. The van der Waals surface area contributed by atoms with Crippen molar-refractivity contribution in [3.8, 4) is 11.1 Å². The quantitative estimate of drug-likeness (QED) is 0.386. The molecule has 9 nitrogen and oxygen atoms in total. The Kier molecular flexibility index (Phi) is 6.84. The molecule has 0 fully saturated rings. The van der Waals surface area contributed by atoms with Crippen LogP contribution in [0.1, 0.15) is 12.0 Å². The van der Waals surface area contributed by atoms with Crippen molar-refractivity contribution in [3.05, 3.63) is 88.5 Å². The summed E-state index contributed by atoms with van der Waals surface area (Å²) in [6, 6.07) is 16.0. The molecule has 186 valence electrons. The predicted molar refractivity (Wildman–Crippen MR) is 134 cm³/mol. The molecule has 3 aromatic carbocycles. The molecule has 0 aliphatic rings. The van der Waals surface area contributed by atoms with Crippen LogP contribution in [0.3, 0.4) is 0 Å². The molecule has 1 N–H and O–H groups in total. The number of hydrogen-bond acceptors (Lipinski definition) is 6. The Morgan fingerprint density at radius 1 is 1.08 bits per heavy atom. The Morgan fingerprint density at radius 3 is 2.39 bits per heavy atom. The second-order valence-electron chi connectivity index (χ2n) is 8.35. The summed E-state index contributed by atoms with van der Waals surface area (Å²) < 4.78 is 40.8. The van der Waals surface area contributed by atoms with Crippen LogP contribution in [0.15, 0.2) is 71.5 Å².